The van der Waals surface area contributed by atoms with Gasteiger partial charge in [-0.05, 0) is 67.9 Å². The highest BCUT2D eigenvalue weighted by Crippen LogP contribution is 2.28. The highest BCUT2D eigenvalue weighted by atomic mass is 35.5. The van der Waals surface area contributed by atoms with Gasteiger partial charge in [0.2, 0.25) is 15.9 Å². The van der Waals surface area contributed by atoms with E-state index < -0.39 is 32.0 Å². The van der Waals surface area contributed by atoms with E-state index in [4.69, 9.17) is 11.6 Å². The van der Waals surface area contributed by atoms with Gasteiger partial charge in [-0.1, -0.05) is 23.7 Å². The summed E-state index contributed by atoms with van der Waals surface area (Å²) in [6, 6.07) is 14.0. The summed E-state index contributed by atoms with van der Waals surface area (Å²) in [6.07, 6.45) is 2.47. The number of aryl methyl sites for hydroxylation is 1. The zero-order chi connectivity index (χ0) is 25.1. The molecule has 1 aromatic heterocycles. The Morgan fingerprint density at radius 1 is 1.03 bits per heavy atom. The Bertz CT molecular complexity index is 1400. The quantitative estimate of drug-likeness (QED) is 0.465. The van der Waals surface area contributed by atoms with Crippen LogP contribution in [0.15, 0.2) is 71.8 Å². The van der Waals surface area contributed by atoms with Crippen molar-refractivity contribution in [2.45, 2.75) is 24.8 Å². The minimum Gasteiger partial charge on any atom is -0.324 e. The van der Waals surface area contributed by atoms with Gasteiger partial charge < -0.3 is 5.32 Å². The number of anilines is 3. The van der Waals surface area contributed by atoms with Gasteiger partial charge in [0.15, 0.2) is 0 Å². The molecule has 1 amide bonds. The monoisotopic (exact) mass is 522 g/mol. The first-order chi connectivity index (χ1) is 15.9. The number of carbonyl (C=O) groups is 1. The molecule has 1 atom stereocenters. The van der Waals surface area contributed by atoms with Gasteiger partial charge >= 0.3 is 0 Å². The Morgan fingerprint density at radius 2 is 1.71 bits per heavy atom. The van der Waals surface area contributed by atoms with E-state index in [2.05, 4.69) is 15.0 Å². The number of hydrogen-bond donors (Lipinski definition) is 2. The molecule has 3 rings (SSSR count). The molecule has 0 aliphatic rings. The number of nitrogens with one attached hydrogen (secondary N) is 2. The van der Waals surface area contributed by atoms with Crippen molar-refractivity contribution in [3.63, 3.8) is 0 Å². The maximum Gasteiger partial charge on any atom is 0.263 e. The fourth-order valence-corrected chi connectivity index (χ4v) is 5.58. The number of amides is 1. The van der Waals surface area contributed by atoms with Crippen molar-refractivity contribution in [3.8, 4) is 0 Å². The first-order valence-electron chi connectivity index (χ1n) is 9.99. The van der Waals surface area contributed by atoms with Crippen molar-refractivity contribution in [1.82, 2.24) is 4.98 Å². The number of pyridine rings is 1. The number of carbonyl (C=O) groups excluding carboxylic acids is 1. The predicted octanol–water partition coefficient (Wildman–Crippen LogP) is 3.64. The number of halogens is 1. The van der Waals surface area contributed by atoms with Crippen molar-refractivity contribution in [3.05, 3.63) is 77.4 Å². The van der Waals surface area contributed by atoms with E-state index in [1.165, 1.54) is 49.5 Å². The second-order valence-corrected chi connectivity index (χ2v) is 11.5. The molecule has 1 unspecified atom stereocenters. The Morgan fingerprint density at radius 3 is 2.29 bits per heavy atom. The molecule has 34 heavy (non-hydrogen) atoms. The molecular weight excluding hydrogens is 500 g/mol. The van der Waals surface area contributed by atoms with Crippen LogP contribution in [0.4, 0.5) is 17.2 Å². The number of benzene rings is 2. The van der Waals surface area contributed by atoms with E-state index in [-0.39, 0.29) is 10.7 Å². The smallest absolute Gasteiger partial charge is 0.263 e. The van der Waals surface area contributed by atoms with E-state index in [0.29, 0.717) is 22.0 Å². The van der Waals surface area contributed by atoms with Gasteiger partial charge in [0.25, 0.3) is 10.0 Å². The van der Waals surface area contributed by atoms with Crippen molar-refractivity contribution in [1.29, 1.82) is 0 Å². The number of hydrogen-bond acceptors (Lipinski definition) is 6. The lowest BCUT2D eigenvalue weighted by molar-refractivity contribution is -0.116. The highest BCUT2D eigenvalue weighted by Gasteiger charge is 2.30. The van der Waals surface area contributed by atoms with Gasteiger partial charge in [-0.3, -0.25) is 13.8 Å². The molecule has 0 fully saturated rings. The van der Waals surface area contributed by atoms with E-state index in [0.717, 1.165) is 10.6 Å². The summed E-state index contributed by atoms with van der Waals surface area (Å²) in [5.74, 6) is -0.433. The Kier molecular flexibility index (Phi) is 7.49. The van der Waals surface area contributed by atoms with E-state index in [1.807, 2.05) is 0 Å². The first kappa shape index (κ1) is 25.5. The molecule has 0 aliphatic heterocycles. The lowest BCUT2D eigenvalue weighted by Gasteiger charge is -2.29. The molecule has 0 radical (unpaired) electrons. The SMILES string of the molecule is Cc1ccc(Cl)cc1N(C(C)C(=O)Nc1ccc(S(=O)(=O)Nc2ccccn2)cc1)S(C)(=O)=O. The summed E-state index contributed by atoms with van der Waals surface area (Å²) in [5.41, 5.74) is 1.22. The molecule has 3 aromatic rings. The van der Waals surface area contributed by atoms with Gasteiger partial charge in [0.1, 0.15) is 11.9 Å². The van der Waals surface area contributed by atoms with Crippen LogP contribution in [0.3, 0.4) is 0 Å². The molecule has 0 saturated heterocycles. The van der Waals surface area contributed by atoms with Crippen LogP contribution in [-0.4, -0.2) is 40.0 Å². The maximum atomic E-state index is 12.9. The average molecular weight is 523 g/mol. The van der Waals surface area contributed by atoms with Crippen LogP contribution in [0.1, 0.15) is 12.5 Å². The van der Waals surface area contributed by atoms with Gasteiger partial charge in [0, 0.05) is 16.9 Å². The first-order valence-corrected chi connectivity index (χ1v) is 13.7. The highest BCUT2D eigenvalue weighted by molar-refractivity contribution is 7.92. The molecule has 0 saturated carbocycles. The van der Waals surface area contributed by atoms with E-state index in [1.54, 1.807) is 31.2 Å². The van der Waals surface area contributed by atoms with Crippen LogP contribution in [0.2, 0.25) is 5.02 Å². The number of nitrogens with zero attached hydrogens (tertiary/aromatic N) is 2. The molecule has 2 N–H and O–H groups in total. The fourth-order valence-electron chi connectivity index (χ4n) is 3.18. The van der Waals surface area contributed by atoms with Crippen molar-refractivity contribution in [2.24, 2.45) is 0 Å². The topological polar surface area (TPSA) is 126 Å². The summed E-state index contributed by atoms with van der Waals surface area (Å²) >= 11 is 6.05. The maximum absolute atomic E-state index is 12.9. The summed E-state index contributed by atoms with van der Waals surface area (Å²) in [5, 5.41) is 2.95. The summed E-state index contributed by atoms with van der Waals surface area (Å²) in [6.45, 7) is 3.17. The largest absolute Gasteiger partial charge is 0.324 e. The average Bonchev–Trinajstić information content (AvgIpc) is 2.76. The van der Waals surface area contributed by atoms with E-state index >= 15 is 0 Å². The Balaban J connectivity index is 1.79. The zero-order valence-corrected chi connectivity index (χ0v) is 20.9. The number of sulfonamides is 2. The minimum absolute atomic E-state index is 0.0310. The minimum atomic E-state index is -3.88. The van der Waals surface area contributed by atoms with Crippen LogP contribution < -0.4 is 14.3 Å². The second kappa shape index (κ2) is 10.00. The third-order valence-corrected chi connectivity index (χ3v) is 7.67. The van der Waals surface area contributed by atoms with Crippen LogP contribution in [0.25, 0.3) is 0 Å². The van der Waals surface area contributed by atoms with Crippen LogP contribution in [-0.2, 0) is 24.8 Å². The predicted molar refractivity (Wildman–Crippen MR) is 133 cm³/mol. The molecule has 0 bridgehead atoms. The van der Waals surface area contributed by atoms with Crippen LogP contribution >= 0.6 is 11.6 Å². The van der Waals surface area contributed by atoms with Gasteiger partial charge in [-0.25, -0.2) is 21.8 Å². The van der Waals surface area contributed by atoms with Gasteiger partial charge in [-0.2, -0.15) is 0 Å². The van der Waals surface area contributed by atoms with Crippen molar-refractivity contribution in [2.75, 3.05) is 20.6 Å². The second-order valence-electron chi connectivity index (χ2n) is 7.50. The molecule has 9 nitrogen and oxygen atoms in total. The summed E-state index contributed by atoms with van der Waals surface area (Å²) < 4.78 is 53.5. The standard InChI is InChI=1S/C22H23ClN4O5S2/c1-15-7-8-17(23)14-20(15)27(33(3,29)30)16(2)22(28)25-18-9-11-19(12-10-18)34(31,32)26-21-6-4-5-13-24-21/h4-14,16H,1-3H3,(H,24,26)(H,25,28). The third kappa shape index (κ3) is 6.04. The molecule has 12 heteroatoms. The molecular formula is C22H23ClN4O5S2. The zero-order valence-electron chi connectivity index (χ0n) is 18.6. The summed E-state index contributed by atoms with van der Waals surface area (Å²) in [4.78, 5) is 16.8. The lowest BCUT2D eigenvalue weighted by atomic mass is 10.1. The molecule has 180 valence electrons. The van der Waals surface area contributed by atoms with Crippen LogP contribution in [0, 0.1) is 6.92 Å². The third-order valence-electron chi connectivity index (χ3n) is 4.83. The Hall–Kier alpha value is -3.15. The van der Waals surface area contributed by atoms with Crippen molar-refractivity contribution < 1.29 is 21.6 Å². The summed E-state index contributed by atoms with van der Waals surface area (Å²) in [7, 11) is -7.71. The Labute approximate surface area is 203 Å². The van der Waals surface area contributed by atoms with Gasteiger partial charge in [-0.15, -0.1) is 0 Å². The fraction of sp³-hybridized carbons (Fsp3) is 0.182. The number of aromatic nitrogens is 1. The molecule has 2 aromatic carbocycles. The van der Waals surface area contributed by atoms with E-state index in [9.17, 15) is 21.6 Å². The van der Waals surface area contributed by atoms with Crippen molar-refractivity contribution >= 4 is 54.7 Å². The molecule has 0 aliphatic carbocycles. The van der Waals surface area contributed by atoms with Gasteiger partial charge in [0.05, 0.1) is 16.8 Å². The van der Waals surface area contributed by atoms with Crippen LogP contribution in [0.5, 0.6) is 0 Å². The lowest BCUT2D eigenvalue weighted by Crippen LogP contribution is -2.45. The molecule has 1 heterocycles. The number of rotatable bonds is 8. The molecule has 0 spiro atoms. The normalized spacial score (nSPS) is 12.6.